The summed E-state index contributed by atoms with van der Waals surface area (Å²) in [6, 6.07) is 14.9. The van der Waals surface area contributed by atoms with Crippen LogP contribution in [0.5, 0.6) is 0 Å². The van der Waals surface area contributed by atoms with Gasteiger partial charge in [-0.05, 0) is 49.3 Å². The SMILES string of the molecule is CN=C(NCc1nc(-c2ccco2)n[nH]1)NC1CCC(c2ccccc2)CC1. The predicted octanol–water partition coefficient (Wildman–Crippen LogP) is 3.46. The second kappa shape index (κ2) is 8.73. The molecular weight excluding hydrogens is 352 g/mol. The maximum atomic E-state index is 5.32. The molecule has 3 N–H and O–H groups in total. The fourth-order valence-corrected chi connectivity index (χ4v) is 3.74. The Morgan fingerprint density at radius 3 is 2.68 bits per heavy atom. The molecule has 0 amide bonds. The number of aromatic nitrogens is 3. The van der Waals surface area contributed by atoms with Crippen LogP contribution in [-0.4, -0.2) is 34.2 Å². The van der Waals surface area contributed by atoms with Crippen molar-refractivity contribution in [3.8, 4) is 11.6 Å². The molecule has 0 atom stereocenters. The van der Waals surface area contributed by atoms with Gasteiger partial charge in [0.15, 0.2) is 11.7 Å². The molecule has 1 saturated carbocycles. The third-order valence-electron chi connectivity index (χ3n) is 5.26. The van der Waals surface area contributed by atoms with E-state index in [4.69, 9.17) is 4.42 Å². The molecule has 1 fully saturated rings. The average molecular weight is 378 g/mol. The van der Waals surface area contributed by atoms with E-state index in [2.05, 4.69) is 61.1 Å². The number of benzene rings is 1. The van der Waals surface area contributed by atoms with E-state index in [1.165, 1.54) is 18.4 Å². The Kier molecular flexibility index (Phi) is 5.70. The average Bonchev–Trinajstić information content (AvgIpc) is 3.44. The molecule has 7 nitrogen and oxygen atoms in total. The minimum atomic E-state index is 0.444. The first kappa shape index (κ1) is 18.3. The summed E-state index contributed by atoms with van der Waals surface area (Å²) in [5.74, 6) is 3.41. The summed E-state index contributed by atoms with van der Waals surface area (Å²) in [5, 5.41) is 14.0. The van der Waals surface area contributed by atoms with Gasteiger partial charge >= 0.3 is 0 Å². The van der Waals surface area contributed by atoms with Gasteiger partial charge in [-0.3, -0.25) is 10.1 Å². The summed E-state index contributed by atoms with van der Waals surface area (Å²) in [6.07, 6.45) is 6.30. The van der Waals surface area contributed by atoms with Gasteiger partial charge in [0.2, 0.25) is 5.82 Å². The highest BCUT2D eigenvalue weighted by Gasteiger charge is 2.22. The molecule has 0 radical (unpaired) electrons. The van der Waals surface area contributed by atoms with E-state index in [1.807, 2.05) is 12.1 Å². The normalized spacial score (nSPS) is 20.1. The van der Waals surface area contributed by atoms with Crippen LogP contribution in [0.3, 0.4) is 0 Å². The van der Waals surface area contributed by atoms with Gasteiger partial charge < -0.3 is 15.1 Å². The molecule has 0 aliphatic heterocycles. The van der Waals surface area contributed by atoms with Crippen LogP contribution in [-0.2, 0) is 6.54 Å². The number of nitrogens with zero attached hydrogens (tertiary/aromatic N) is 3. The van der Waals surface area contributed by atoms with Crippen molar-refractivity contribution < 1.29 is 4.42 Å². The summed E-state index contributed by atoms with van der Waals surface area (Å²) >= 11 is 0. The van der Waals surface area contributed by atoms with Crippen molar-refractivity contribution in [2.45, 2.75) is 44.2 Å². The standard InChI is InChI=1S/C21H26N6O/c1-22-21(23-14-19-25-20(27-26-19)18-8-5-13-28-18)24-17-11-9-16(10-12-17)15-6-3-2-4-7-15/h2-8,13,16-17H,9-12,14H2,1H3,(H2,22,23,24)(H,25,26,27). The van der Waals surface area contributed by atoms with Crippen molar-refractivity contribution in [3.05, 3.63) is 60.1 Å². The minimum absolute atomic E-state index is 0.444. The fourth-order valence-electron chi connectivity index (χ4n) is 3.74. The molecule has 4 rings (SSSR count). The van der Waals surface area contributed by atoms with Crippen LogP contribution in [0.1, 0.15) is 43.0 Å². The number of hydrogen-bond donors (Lipinski definition) is 3. The van der Waals surface area contributed by atoms with Gasteiger partial charge in [0.1, 0.15) is 5.82 Å². The molecule has 0 saturated heterocycles. The topological polar surface area (TPSA) is 91.1 Å². The highest BCUT2D eigenvalue weighted by atomic mass is 16.3. The first-order valence-corrected chi connectivity index (χ1v) is 9.79. The van der Waals surface area contributed by atoms with Crippen molar-refractivity contribution in [1.29, 1.82) is 0 Å². The van der Waals surface area contributed by atoms with E-state index in [-0.39, 0.29) is 0 Å². The molecule has 0 bridgehead atoms. The van der Waals surface area contributed by atoms with E-state index < -0.39 is 0 Å². The van der Waals surface area contributed by atoms with E-state index in [0.717, 1.165) is 24.6 Å². The lowest BCUT2D eigenvalue weighted by molar-refractivity contribution is 0.371. The molecule has 1 aliphatic rings. The van der Waals surface area contributed by atoms with Gasteiger partial charge in [0, 0.05) is 13.1 Å². The number of nitrogens with one attached hydrogen (secondary N) is 3. The summed E-state index contributed by atoms with van der Waals surface area (Å²) in [7, 11) is 1.79. The molecular formula is C21H26N6O. The lowest BCUT2D eigenvalue weighted by Crippen LogP contribution is -2.44. The molecule has 28 heavy (non-hydrogen) atoms. The third kappa shape index (κ3) is 4.42. The quantitative estimate of drug-likeness (QED) is 0.467. The van der Waals surface area contributed by atoms with Gasteiger partial charge in [0.25, 0.3) is 0 Å². The minimum Gasteiger partial charge on any atom is -0.461 e. The largest absolute Gasteiger partial charge is 0.461 e. The van der Waals surface area contributed by atoms with Crippen molar-refractivity contribution in [3.63, 3.8) is 0 Å². The van der Waals surface area contributed by atoms with Crippen LogP contribution in [0.25, 0.3) is 11.6 Å². The zero-order valence-corrected chi connectivity index (χ0v) is 16.1. The molecule has 0 spiro atoms. The monoisotopic (exact) mass is 378 g/mol. The van der Waals surface area contributed by atoms with Gasteiger partial charge in [-0.15, -0.1) is 5.10 Å². The highest BCUT2D eigenvalue weighted by molar-refractivity contribution is 5.79. The first-order chi connectivity index (χ1) is 13.8. The number of guanidine groups is 1. The van der Waals surface area contributed by atoms with E-state index in [1.54, 1.807) is 13.3 Å². The third-order valence-corrected chi connectivity index (χ3v) is 5.26. The van der Waals surface area contributed by atoms with Crippen LogP contribution >= 0.6 is 0 Å². The number of aromatic amines is 1. The van der Waals surface area contributed by atoms with Crippen molar-refractivity contribution in [2.75, 3.05) is 7.05 Å². The van der Waals surface area contributed by atoms with Gasteiger partial charge in [-0.2, -0.15) is 0 Å². The van der Waals surface area contributed by atoms with Crippen LogP contribution in [0.2, 0.25) is 0 Å². The summed E-state index contributed by atoms with van der Waals surface area (Å²) < 4.78 is 5.32. The number of aliphatic imine (C=N–C) groups is 1. The van der Waals surface area contributed by atoms with E-state index >= 15 is 0 Å². The zero-order valence-electron chi connectivity index (χ0n) is 16.1. The number of rotatable bonds is 5. The van der Waals surface area contributed by atoms with Crippen LogP contribution in [0.15, 0.2) is 58.1 Å². The lowest BCUT2D eigenvalue weighted by atomic mass is 9.82. The smallest absolute Gasteiger partial charge is 0.216 e. The molecule has 1 aromatic carbocycles. The van der Waals surface area contributed by atoms with Crippen molar-refractivity contribution in [1.82, 2.24) is 25.8 Å². The van der Waals surface area contributed by atoms with E-state index in [0.29, 0.717) is 30.1 Å². The highest BCUT2D eigenvalue weighted by Crippen LogP contribution is 2.32. The number of H-pyrrole nitrogens is 1. The maximum absolute atomic E-state index is 5.32. The van der Waals surface area contributed by atoms with E-state index in [9.17, 15) is 0 Å². The molecule has 1 aliphatic carbocycles. The number of furan rings is 1. The maximum Gasteiger partial charge on any atom is 0.216 e. The Bertz CT molecular complexity index is 879. The number of hydrogen-bond acceptors (Lipinski definition) is 4. The summed E-state index contributed by atoms with van der Waals surface area (Å²) in [5.41, 5.74) is 1.46. The van der Waals surface area contributed by atoms with Crippen LogP contribution in [0.4, 0.5) is 0 Å². The Balaban J connectivity index is 1.25. The Morgan fingerprint density at radius 1 is 1.14 bits per heavy atom. The summed E-state index contributed by atoms with van der Waals surface area (Å²) in [6.45, 7) is 0.521. The Labute approximate surface area is 164 Å². The first-order valence-electron chi connectivity index (χ1n) is 9.79. The second-order valence-electron chi connectivity index (χ2n) is 7.11. The Morgan fingerprint density at radius 2 is 1.96 bits per heavy atom. The molecule has 0 unspecified atom stereocenters. The van der Waals surface area contributed by atoms with Crippen molar-refractivity contribution >= 4 is 5.96 Å². The van der Waals surface area contributed by atoms with Crippen molar-refractivity contribution in [2.24, 2.45) is 4.99 Å². The zero-order chi connectivity index (χ0) is 19.2. The van der Waals surface area contributed by atoms with Crippen LogP contribution in [0, 0.1) is 0 Å². The van der Waals surface area contributed by atoms with Gasteiger partial charge in [0.05, 0.1) is 12.8 Å². The molecule has 146 valence electrons. The fraction of sp³-hybridized carbons (Fsp3) is 0.381. The molecule has 2 aromatic heterocycles. The van der Waals surface area contributed by atoms with Gasteiger partial charge in [-0.25, -0.2) is 4.98 Å². The molecule has 7 heteroatoms. The van der Waals surface area contributed by atoms with Crippen LogP contribution < -0.4 is 10.6 Å². The lowest BCUT2D eigenvalue weighted by Gasteiger charge is -2.30. The summed E-state index contributed by atoms with van der Waals surface area (Å²) in [4.78, 5) is 8.79. The second-order valence-corrected chi connectivity index (χ2v) is 7.11. The Hall–Kier alpha value is -3.09. The van der Waals surface area contributed by atoms with Gasteiger partial charge in [-0.1, -0.05) is 30.3 Å². The molecule has 2 heterocycles. The predicted molar refractivity (Wildman–Crippen MR) is 109 cm³/mol. The molecule has 3 aromatic rings.